The summed E-state index contributed by atoms with van der Waals surface area (Å²) in [7, 11) is 0. The second-order valence-electron chi connectivity index (χ2n) is 4.93. The molecule has 6 nitrogen and oxygen atoms in total. The summed E-state index contributed by atoms with van der Waals surface area (Å²) in [6, 6.07) is 7.74. The molecule has 0 aliphatic rings. The lowest BCUT2D eigenvalue weighted by atomic mass is 10.1. The minimum Gasteiger partial charge on any atom is -0.394 e. The van der Waals surface area contributed by atoms with Crippen molar-refractivity contribution in [3.05, 3.63) is 35.9 Å². The number of carbonyl (C=O) groups excluding carboxylic acids is 2. The van der Waals surface area contributed by atoms with Gasteiger partial charge in [0.25, 0.3) is 0 Å². The lowest BCUT2D eigenvalue weighted by Gasteiger charge is -2.32. The summed E-state index contributed by atoms with van der Waals surface area (Å²) in [6.45, 7) is 3.73. The van der Waals surface area contributed by atoms with Crippen LogP contribution in [0.5, 0.6) is 0 Å². The Morgan fingerprint density at radius 3 is 2.43 bits per heavy atom. The molecule has 6 heteroatoms. The summed E-state index contributed by atoms with van der Waals surface area (Å²) in [5, 5.41) is 11.9. The minimum atomic E-state index is -0.743. The number of hydrogen-bond donors (Lipinski definition) is 3. The van der Waals surface area contributed by atoms with Crippen LogP contribution in [0.2, 0.25) is 0 Å². The first-order chi connectivity index (χ1) is 9.99. The highest BCUT2D eigenvalue weighted by Crippen LogP contribution is 2.12. The van der Waals surface area contributed by atoms with Gasteiger partial charge in [0.05, 0.1) is 12.6 Å². The second-order valence-corrected chi connectivity index (χ2v) is 4.93. The van der Waals surface area contributed by atoms with E-state index in [4.69, 9.17) is 5.73 Å². The number of aliphatic hydroxyl groups is 1. The highest BCUT2D eigenvalue weighted by Gasteiger charge is 2.26. The number of nitrogens with one attached hydrogen (secondary N) is 1. The fraction of sp³-hybridized carbons (Fsp3) is 0.467. The Kier molecular flexibility index (Phi) is 6.68. The van der Waals surface area contributed by atoms with E-state index in [1.54, 1.807) is 11.8 Å². The van der Waals surface area contributed by atoms with Crippen molar-refractivity contribution >= 4 is 11.9 Å². The highest BCUT2D eigenvalue weighted by atomic mass is 16.3. The van der Waals surface area contributed by atoms with Crippen molar-refractivity contribution in [3.8, 4) is 0 Å². The molecule has 1 aromatic carbocycles. The normalized spacial score (nSPS) is 13.3. The molecule has 116 valence electrons. The van der Waals surface area contributed by atoms with Crippen LogP contribution in [0, 0.1) is 0 Å². The van der Waals surface area contributed by atoms with Crippen molar-refractivity contribution in [1.82, 2.24) is 10.2 Å². The van der Waals surface area contributed by atoms with Gasteiger partial charge < -0.3 is 21.1 Å². The van der Waals surface area contributed by atoms with Crippen LogP contribution in [-0.4, -0.2) is 40.6 Å². The van der Waals surface area contributed by atoms with Gasteiger partial charge in [-0.25, -0.2) is 4.79 Å². The van der Waals surface area contributed by atoms with Crippen LogP contribution in [0.1, 0.15) is 25.8 Å². The SMILES string of the molecule is CC[C@H](CO)N(Cc1ccccc1)C(=O)[C@H](C)NC(N)=O. The summed E-state index contributed by atoms with van der Waals surface area (Å²) in [5.41, 5.74) is 6.02. The second kappa shape index (κ2) is 8.26. The van der Waals surface area contributed by atoms with Gasteiger partial charge in [-0.2, -0.15) is 0 Å². The van der Waals surface area contributed by atoms with Gasteiger partial charge in [-0.1, -0.05) is 37.3 Å². The molecule has 0 aromatic heterocycles. The maximum absolute atomic E-state index is 12.5. The van der Waals surface area contributed by atoms with Crippen molar-refractivity contribution in [3.63, 3.8) is 0 Å². The number of benzene rings is 1. The van der Waals surface area contributed by atoms with Crippen molar-refractivity contribution in [2.75, 3.05) is 6.61 Å². The first-order valence-corrected chi connectivity index (χ1v) is 7.00. The van der Waals surface area contributed by atoms with Gasteiger partial charge in [0.1, 0.15) is 6.04 Å². The maximum atomic E-state index is 12.5. The molecular weight excluding hydrogens is 270 g/mol. The van der Waals surface area contributed by atoms with Crippen LogP contribution in [0.15, 0.2) is 30.3 Å². The van der Waals surface area contributed by atoms with Crippen LogP contribution >= 0.6 is 0 Å². The zero-order chi connectivity index (χ0) is 15.8. The van der Waals surface area contributed by atoms with Crippen molar-refractivity contribution < 1.29 is 14.7 Å². The van der Waals surface area contributed by atoms with Crippen LogP contribution in [0.25, 0.3) is 0 Å². The van der Waals surface area contributed by atoms with Gasteiger partial charge in [0.2, 0.25) is 5.91 Å². The van der Waals surface area contributed by atoms with Gasteiger partial charge >= 0.3 is 6.03 Å². The summed E-state index contributed by atoms with van der Waals surface area (Å²) >= 11 is 0. The standard InChI is InChI=1S/C15H23N3O3/c1-3-13(10-19)18(9-12-7-5-4-6-8-12)14(20)11(2)17-15(16)21/h4-8,11,13,19H,3,9-10H2,1-2H3,(H3,16,17,21)/t11-,13+/m0/s1. The topological polar surface area (TPSA) is 95.7 Å². The lowest BCUT2D eigenvalue weighted by Crippen LogP contribution is -2.52. The van der Waals surface area contributed by atoms with Crippen LogP contribution in [0.3, 0.4) is 0 Å². The third kappa shape index (κ3) is 5.07. The van der Waals surface area contributed by atoms with E-state index >= 15 is 0 Å². The zero-order valence-corrected chi connectivity index (χ0v) is 12.5. The molecule has 21 heavy (non-hydrogen) atoms. The Morgan fingerprint density at radius 1 is 1.33 bits per heavy atom. The Balaban J connectivity index is 2.91. The summed E-state index contributed by atoms with van der Waals surface area (Å²) in [6.07, 6.45) is 0.623. The number of urea groups is 1. The Labute approximate surface area is 124 Å². The number of hydrogen-bond acceptors (Lipinski definition) is 3. The summed E-state index contributed by atoms with van der Waals surface area (Å²) in [5.74, 6) is -0.265. The number of nitrogens with zero attached hydrogens (tertiary/aromatic N) is 1. The molecular formula is C15H23N3O3. The molecule has 1 aromatic rings. The average molecular weight is 293 g/mol. The van der Waals surface area contributed by atoms with E-state index in [1.165, 1.54) is 0 Å². The molecule has 4 N–H and O–H groups in total. The fourth-order valence-corrected chi connectivity index (χ4v) is 2.14. The van der Waals surface area contributed by atoms with Crippen LogP contribution in [-0.2, 0) is 11.3 Å². The molecule has 0 saturated heterocycles. The van der Waals surface area contributed by atoms with E-state index in [0.29, 0.717) is 13.0 Å². The Hall–Kier alpha value is -2.08. The molecule has 0 fully saturated rings. The van der Waals surface area contributed by atoms with E-state index in [9.17, 15) is 14.7 Å². The van der Waals surface area contributed by atoms with E-state index in [-0.39, 0.29) is 18.6 Å². The molecule has 0 saturated carbocycles. The van der Waals surface area contributed by atoms with Gasteiger partial charge in [0.15, 0.2) is 0 Å². The molecule has 0 spiro atoms. The van der Waals surface area contributed by atoms with Gasteiger partial charge in [-0.05, 0) is 18.9 Å². The smallest absolute Gasteiger partial charge is 0.312 e. The van der Waals surface area contributed by atoms with Gasteiger partial charge in [0, 0.05) is 6.54 Å². The van der Waals surface area contributed by atoms with Crippen molar-refractivity contribution in [2.45, 2.75) is 38.9 Å². The predicted octanol–water partition coefficient (Wildman–Crippen LogP) is 0.843. The number of aliphatic hydroxyl groups excluding tert-OH is 1. The van der Waals surface area contributed by atoms with E-state index < -0.39 is 12.1 Å². The number of amides is 3. The van der Waals surface area contributed by atoms with E-state index in [0.717, 1.165) is 5.56 Å². The maximum Gasteiger partial charge on any atom is 0.312 e. The number of nitrogens with two attached hydrogens (primary N) is 1. The van der Waals surface area contributed by atoms with Crippen molar-refractivity contribution in [2.24, 2.45) is 5.73 Å². The first-order valence-electron chi connectivity index (χ1n) is 7.00. The summed E-state index contributed by atoms with van der Waals surface area (Å²) in [4.78, 5) is 25.0. The fourth-order valence-electron chi connectivity index (χ4n) is 2.14. The molecule has 1 rings (SSSR count). The zero-order valence-electron chi connectivity index (χ0n) is 12.5. The van der Waals surface area contributed by atoms with Crippen LogP contribution < -0.4 is 11.1 Å². The van der Waals surface area contributed by atoms with E-state index in [2.05, 4.69) is 5.32 Å². The number of carbonyl (C=O) groups is 2. The largest absolute Gasteiger partial charge is 0.394 e. The van der Waals surface area contributed by atoms with Crippen molar-refractivity contribution in [1.29, 1.82) is 0 Å². The van der Waals surface area contributed by atoms with Gasteiger partial charge in [-0.15, -0.1) is 0 Å². The number of rotatable bonds is 7. The third-order valence-corrected chi connectivity index (χ3v) is 3.33. The summed E-state index contributed by atoms with van der Waals surface area (Å²) < 4.78 is 0. The molecule has 0 bridgehead atoms. The molecule has 0 radical (unpaired) electrons. The molecule has 3 amide bonds. The quantitative estimate of drug-likeness (QED) is 0.695. The first kappa shape index (κ1) is 17.0. The minimum absolute atomic E-state index is 0.127. The highest BCUT2D eigenvalue weighted by molar-refractivity contribution is 5.86. The van der Waals surface area contributed by atoms with E-state index in [1.807, 2.05) is 37.3 Å². The predicted molar refractivity (Wildman–Crippen MR) is 80.3 cm³/mol. The lowest BCUT2D eigenvalue weighted by molar-refractivity contribution is -0.137. The molecule has 2 atom stereocenters. The monoisotopic (exact) mass is 293 g/mol. The third-order valence-electron chi connectivity index (χ3n) is 3.33. The Bertz CT molecular complexity index is 460. The molecule has 0 unspecified atom stereocenters. The molecule has 0 aliphatic heterocycles. The molecule has 0 heterocycles. The molecule has 0 aliphatic carbocycles. The average Bonchev–Trinajstić information content (AvgIpc) is 2.47. The number of primary amides is 1. The Morgan fingerprint density at radius 2 is 1.95 bits per heavy atom. The van der Waals surface area contributed by atoms with Gasteiger partial charge in [-0.3, -0.25) is 4.79 Å². The van der Waals surface area contributed by atoms with Crippen LogP contribution in [0.4, 0.5) is 4.79 Å².